The van der Waals surface area contributed by atoms with E-state index >= 15 is 0 Å². The summed E-state index contributed by atoms with van der Waals surface area (Å²) in [5.41, 5.74) is 6.92. The van der Waals surface area contributed by atoms with Gasteiger partial charge in [0.15, 0.2) is 0 Å². The van der Waals surface area contributed by atoms with Crippen molar-refractivity contribution in [3.05, 3.63) is 23.9 Å². The standard InChI is InChI=1S/C14H23N3O/c1-11(15)13-5-6-14(16-8-13)17-7-3-4-12(9-17)10-18-2/h5-6,8,11-12H,3-4,7,9-10,15H2,1-2H3/t11-,12?/m1/s1. The third-order valence-corrected chi connectivity index (χ3v) is 3.54. The van der Waals surface area contributed by atoms with Crippen LogP contribution in [0.25, 0.3) is 0 Å². The first kappa shape index (κ1) is 13.3. The molecule has 1 saturated heterocycles. The zero-order chi connectivity index (χ0) is 13.0. The molecule has 1 fully saturated rings. The van der Waals surface area contributed by atoms with Crippen LogP contribution in [0, 0.1) is 5.92 Å². The van der Waals surface area contributed by atoms with Gasteiger partial charge in [0, 0.05) is 32.4 Å². The lowest BCUT2D eigenvalue weighted by molar-refractivity contribution is 0.143. The summed E-state index contributed by atoms with van der Waals surface area (Å²) in [7, 11) is 1.77. The fraction of sp³-hybridized carbons (Fsp3) is 0.643. The van der Waals surface area contributed by atoms with Crippen LogP contribution in [0.15, 0.2) is 18.3 Å². The molecule has 1 aliphatic heterocycles. The van der Waals surface area contributed by atoms with E-state index in [0.29, 0.717) is 5.92 Å². The molecule has 2 atom stereocenters. The van der Waals surface area contributed by atoms with Crippen LogP contribution in [0.1, 0.15) is 31.4 Å². The Bertz CT molecular complexity index is 362. The van der Waals surface area contributed by atoms with Gasteiger partial charge in [0.05, 0.1) is 6.61 Å². The number of nitrogens with two attached hydrogens (primary N) is 1. The first-order valence-corrected chi connectivity index (χ1v) is 6.66. The average molecular weight is 249 g/mol. The van der Waals surface area contributed by atoms with Gasteiger partial charge in [-0.1, -0.05) is 6.07 Å². The van der Waals surface area contributed by atoms with Crippen molar-refractivity contribution in [3.63, 3.8) is 0 Å². The summed E-state index contributed by atoms with van der Waals surface area (Å²) in [6, 6.07) is 4.20. The summed E-state index contributed by atoms with van der Waals surface area (Å²) < 4.78 is 5.25. The number of aromatic nitrogens is 1. The number of anilines is 1. The first-order chi connectivity index (χ1) is 8.70. The number of ether oxygens (including phenoxy) is 1. The molecular formula is C14H23N3O. The van der Waals surface area contributed by atoms with Crippen LogP contribution in [-0.2, 0) is 4.74 Å². The predicted molar refractivity (Wildman–Crippen MR) is 73.7 cm³/mol. The molecule has 1 aromatic rings. The molecule has 100 valence electrons. The molecule has 2 rings (SSSR count). The van der Waals surface area contributed by atoms with Gasteiger partial charge in [-0.2, -0.15) is 0 Å². The third kappa shape index (κ3) is 3.21. The van der Waals surface area contributed by atoms with Crippen LogP contribution in [0.2, 0.25) is 0 Å². The van der Waals surface area contributed by atoms with Gasteiger partial charge in [-0.3, -0.25) is 0 Å². The van der Waals surface area contributed by atoms with Crippen molar-refractivity contribution < 1.29 is 4.74 Å². The molecular weight excluding hydrogens is 226 g/mol. The molecule has 0 bridgehead atoms. The molecule has 0 saturated carbocycles. The number of hydrogen-bond donors (Lipinski definition) is 1. The maximum Gasteiger partial charge on any atom is 0.128 e. The van der Waals surface area contributed by atoms with Gasteiger partial charge in [-0.25, -0.2) is 4.98 Å². The minimum absolute atomic E-state index is 0.0501. The van der Waals surface area contributed by atoms with Gasteiger partial charge in [0.25, 0.3) is 0 Å². The van der Waals surface area contributed by atoms with Crippen molar-refractivity contribution in [2.75, 3.05) is 31.7 Å². The summed E-state index contributed by atoms with van der Waals surface area (Å²) >= 11 is 0. The van der Waals surface area contributed by atoms with Crippen molar-refractivity contribution >= 4 is 5.82 Å². The van der Waals surface area contributed by atoms with Crippen LogP contribution < -0.4 is 10.6 Å². The zero-order valence-electron chi connectivity index (χ0n) is 11.3. The monoisotopic (exact) mass is 249 g/mol. The molecule has 2 heterocycles. The minimum Gasteiger partial charge on any atom is -0.384 e. The summed E-state index contributed by atoms with van der Waals surface area (Å²) in [6.45, 7) is 4.95. The van der Waals surface area contributed by atoms with E-state index in [1.807, 2.05) is 13.1 Å². The molecule has 1 aromatic heterocycles. The van der Waals surface area contributed by atoms with Gasteiger partial charge in [-0.15, -0.1) is 0 Å². The Morgan fingerprint density at radius 3 is 3.00 bits per heavy atom. The molecule has 4 heteroatoms. The van der Waals surface area contributed by atoms with E-state index in [2.05, 4.69) is 22.0 Å². The lowest BCUT2D eigenvalue weighted by Crippen LogP contribution is -2.37. The molecule has 0 spiro atoms. The Morgan fingerprint density at radius 2 is 2.39 bits per heavy atom. The summed E-state index contributed by atoms with van der Waals surface area (Å²) in [5.74, 6) is 1.68. The Balaban J connectivity index is 2.02. The van der Waals surface area contributed by atoms with Gasteiger partial charge in [0.1, 0.15) is 5.82 Å². The van der Waals surface area contributed by atoms with E-state index in [1.54, 1.807) is 7.11 Å². The smallest absolute Gasteiger partial charge is 0.128 e. The fourth-order valence-corrected chi connectivity index (χ4v) is 2.50. The normalized spacial score (nSPS) is 21.9. The van der Waals surface area contributed by atoms with Gasteiger partial charge in [-0.05, 0) is 37.3 Å². The number of nitrogens with zero attached hydrogens (tertiary/aromatic N) is 2. The van der Waals surface area contributed by atoms with E-state index in [-0.39, 0.29) is 6.04 Å². The molecule has 0 amide bonds. The largest absolute Gasteiger partial charge is 0.384 e. The Hall–Kier alpha value is -1.13. The van der Waals surface area contributed by atoms with Gasteiger partial charge < -0.3 is 15.4 Å². The molecule has 18 heavy (non-hydrogen) atoms. The van der Waals surface area contributed by atoms with Gasteiger partial charge in [0.2, 0.25) is 0 Å². The summed E-state index contributed by atoms with van der Waals surface area (Å²) in [5, 5.41) is 0. The molecule has 0 radical (unpaired) electrons. The van der Waals surface area contributed by atoms with Crippen molar-refractivity contribution in [2.45, 2.75) is 25.8 Å². The van der Waals surface area contributed by atoms with Crippen molar-refractivity contribution in [1.29, 1.82) is 0 Å². The first-order valence-electron chi connectivity index (χ1n) is 6.66. The number of pyridine rings is 1. The molecule has 0 aromatic carbocycles. The molecule has 4 nitrogen and oxygen atoms in total. The lowest BCUT2D eigenvalue weighted by Gasteiger charge is -2.33. The lowest BCUT2D eigenvalue weighted by atomic mass is 9.99. The zero-order valence-corrected chi connectivity index (χ0v) is 11.3. The van der Waals surface area contributed by atoms with Crippen molar-refractivity contribution in [3.8, 4) is 0 Å². The second-order valence-electron chi connectivity index (χ2n) is 5.15. The molecule has 1 aliphatic rings. The van der Waals surface area contributed by atoms with E-state index < -0.39 is 0 Å². The van der Waals surface area contributed by atoms with Crippen molar-refractivity contribution in [2.24, 2.45) is 11.7 Å². The fourth-order valence-electron chi connectivity index (χ4n) is 2.50. The van der Waals surface area contributed by atoms with Gasteiger partial charge >= 0.3 is 0 Å². The highest BCUT2D eigenvalue weighted by Gasteiger charge is 2.20. The third-order valence-electron chi connectivity index (χ3n) is 3.54. The van der Waals surface area contributed by atoms with Crippen LogP contribution in [0.3, 0.4) is 0 Å². The topological polar surface area (TPSA) is 51.4 Å². The van der Waals surface area contributed by atoms with E-state index in [0.717, 1.165) is 31.1 Å². The number of rotatable bonds is 4. The van der Waals surface area contributed by atoms with Crippen LogP contribution in [0.5, 0.6) is 0 Å². The second-order valence-corrected chi connectivity index (χ2v) is 5.15. The SMILES string of the molecule is COCC1CCCN(c2ccc([C@@H](C)N)cn2)C1. The molecule has 2 N–H and O–H groups in total. The number of hydrogen-bond acceptors (Lipinski definition) is 4. The van der Waals surface area contributed by atoms with E-state index in [1.165, 1.54) is 12.8 Å². The number of methoxy groups -OCH3 is 1. The summed E-state index contributed by atoms with van der Waals surface area (Å²) in [6.07, 6.45) is 4.35. The highest BCUT2D eigenvalue weighted by molar-refractivity contribution is 5.40. The highest BCUT2D eigenvalue weighted by Crippen LogP contribution is 2.22. The quantitative estimate of drug-likeness (QED) is 0.886. The van der Waals surface area contributed by atoms with Crippen LogP contribution >= 0.6 is 0 Å². The predicted octanol–water partition coefficient (Wildman–Crippen LogP) is 1.96. The maximum absolute atomic E-state index is 5.83. The maximum atomic E-state index is 5.83. The van der Waals surface area contributed by atoms with Crippen LogP contribution in [-0.4, -0.2) is 31.8 Å². The Labute approximate surface area is 109 Å². The van der Waals surface area contributed by atoms with Crippen molar-refractivity contribution in [1.82, 2.24) is 4.98 Å². The Morgan fingerprint density at radius 1 is 1.56 bits per heavy atom. The number of piperidine rings is 1. The highest BCUT2D eigenvalue weighted by atomic mass is 16.5. The second kappa shape index (κ2) is 6.16. The molecule has 0 aliphatic carbocycles. The van der Waals surface area contributed by atoms with Crippen LogP contribution in [0.4, 0.5) is 5.82 Å². The van der Waals surface area contributed by atoms with E-state index in [9.17, 15) is 0 Å². The van der Waals surface area contributed by atoms with E-state index in [4.69, 9.17) is 10.5 Å². The average Bonchev–Trinajstić information content (AvgIpc) is 2.39. The summed E-state index contributed by atoms with van der Waals surface area (Å²) in [4.78, 5) is 6.87. The molecule has 1 unspecified atom stereocenters. The minimum atomic E-state index is 0.0501. The Kier molecular flexibility index (Phi) is 4.55.